The summed E-state index contributed by atoms with van der Waals surface area (Å²) in [5.41, 5.74) is 6.35. The first-order chi connectivity index (χ1) is 12.6. The molecule has 1 heterocycles. The van der Waals surface area contributed by atoms with Crippen molar-refractivity contribution in [3.05, 3.63) is 54.6 Å². The van der Waals surface area contributed by atoms with Gasteiger partial charge in [0.15, 0.2) is 0 Å². The van der Waals surface area contributed by atoms with Gasteiger partial charge in [-0.05, 0) is 12.5 Å². The third-order valence-electron chi connectivity index (χ3n) is 4.11. The standard InChI is InChI=1S/C20H25NO5/c1-3-15-17(20(23)25-13-12-21)18(19(22)24-4-2)16(26-15)11-10-14-8-6-5-7-9-14/h3,5-11,15-18H,1,4,12-13,21H2,2H3/t15-,16+,17-,18+/m0/s1. The number of esters is 2. The van der Waals surface area contributed by atoms with Crippen molar-refractivity contribution < 1.29 is 23.8 Å². The van der Waals surface area contributed by atoms with Gasteiger partial charge in [0, 0.05) is 6.54 Å². The first-order valence-electron chi connectivity index (χ1n) is 8.67. The van der Waals surface area contributed by atoms with Crippen LogP contribution in [-0.2, 0) is 23.8 Å². The molecule has 0 aromatic heterocycles. The zero-order chi connectivity index (χ0) is 18.9. The SMILES string of the molecule is C=C[C@@H]1O[C@H](C=Cc2ccccc2)[C@@H](C(=O)OCC)[C@H]1C(=O)OCCN. The molecule has 0 spiro atoms. The lowest BCUT2D eigenvalue weighted by molar-refractivity contribution is -0.159. The van der Waals surface area contributed by atoms with Crippen LogP contribution in [0.1, 0.15) is 12.5 Å². The molecule has 6 nitrogen and oxygen atoms in total. The summed E-state index contributed by atoms with van der Waals surface area (Å²) in [5.74, 6) is -2.64. The quantitative estimate of drug-likeness (QED) is 0.564. The van der Waals surface area contributed by atoms with E-state index in [0.717, 1.165) is 5.56 Å². The molecule has 1 fully saturated rings. The van der Waals surface area contributed by atoms with Crippen LogP contribution in [0.3, 0.4) is 0 Å². The van der Waals surface area contributed by atoms with Gasteiger partial charge in [0.1, 0.15) is 18.4 Å². The van der Waals surface area contributed by atoms with E-state index in [0.29, 0.717) is 0 Å². The van der Waals surface area contributed by atoms with Gasteiger partial charge in [0.05, 0.1) is 18.8 Å². The van der Waals surface area contributed by atoms with Crippen LogP contribution in [0.15, 0.2) is 49.1 Å². The highest BCUT2D eigenvalue weighted by Crippen LogP contribution is 2.36. The van der Waals surface area contributed by atoms with Crippen LogP contribution < -0.4 is 5.73 Å². The van der Waals surface area contributed by atoms with Crippen molar-refractivity contribution in [2.45, 2.75) is 19.1 Å². The molecule has 140 valence electrons. The van der Waals surface area contributed by atoms with E-state index in [1.807, 2.05) is 36.4 Å². The lowest BCUT2D eigenvalue weighted by atomic mass is 9.86. The summed E-state index contributed by atoms with van der Waals surface area (Å²) < 4.78 is 16.2. The van der Waals surface area contributed by atoms with Crippen molar-refractivity contribution in [2.75, 3.05) is 19.8 Å². The van der Waals surface area contributed by atoms with Gasteiger partial charge in [-0.15, -0.1) is 6.58 Å². The molecular weight excluding hydrogens is 334 g/mol. The van der Waals surface area contributed by atoms with Gasteiger partial charge >= 0.3 is 11.9 Å². The van der Waals surface area contributed by atoms with Crippen molar-refractivity contribution in [3.63, 3.8) is 0 Å². The average molecular weight is 359 g/mol. The number of rotatable bonds is 8. The van der Waals surface area contributed by atoms with E-state index in [-0.39, 0.29) is 19.8 Å². The maximum atomic E-state index is 12.5. The van der Waals surface area contributed by atoms with Crippen LogP contribution in [-0.4, -0.2) is 43.9 Å². The third-order valence-corrected chi connectivity index (χ3v) is 4.11. The Bertz CT molecular complexity index is 643. The molecule has 0 unspecified atom stereocenters. The summed E-state index contributed by atoms with van der Waals surface area (Å²) in [6.07, 6.45) is 3.87. The lowest BCUT2D eigenvalue weighted by Crippen LogP contribution is -2.37. The van der Waals surface area contributed by atoms with E-state index in [9.17, 15) is 9.59 Å². The van der Waals surface area contributed by atoms with Crippen LogP contribution in [0.2, 0.25) is 0 Å². The maximum absolute atomic E-state index is 12.5. The van der Waals surface area contributed by atoms with Gasteiger partial charge in [-0.3, -0.25) is 9.59 Å². The zero-order valence-corrected chi connectivity index (χ0v) is 14.9. The summed E-state index contributed by atoms with van der Waals surface area (Å²) in [7, 11) is 0. The van der Waals surface area contributed by atoms with Crippen LogP contribution in [0.5, 0.6) is 0 Å². The predicted octanol–water partition coefficient (Wildman–Crippen LogP) is 1.95. The van der Waals surface area contributed by atoms with Crippen molar-refractivity contribution in [2.24, 2.45) is 17.6 Å². The Morgan fingerprint density at radius 3 is 2.42 bits per heavy atom. The Labute approximate surface area is 153 Å². The van der Waals surface area contributed by atoms with E-state index < -0.39 is 36.0 Å². The molecule has 1 aromatic carbocycles. The monoisotopic (exact) mass is 359 g/mol. The van der Waals surface area contributed by atoms with Gasteiger partial charge in [-0.25, -0.2) is 0 Å². The maximum Gasteiger partial charge on any atom is 0.312 e. The van der Waals surface area contributed by atoms with Crippen molar-refractivity contribution >= 4 is 18.0 Å². The van der Waals surface area contributed by atoms with Crippen LogP contribution >= 0.6 is 0 Å². The highest BCUT2D eigenvalue weighted by Gasteiger charge is 2.51. The number of carbonyl (C=O) groups is 2. The van der Waals surface area contributed by atoms with Gasteiger partial charge < -0.3 is 19.9 Å². The molecule has 1 saturated heterocycles. The van der Waals surface area contributed by atoms with E-state index in [1.54, 1.807) is 13.0 Å². The fourth-order valence-corrected chi connectivity index (χ4v) is 2.95. The minimum atomic E-state index is -0.816. The lowest BCUT2D eigenvalue weighted by Gasteiger charge is -2.19. The smallest absolute Gasteiger partial charge is 0.312 e. The molecular formula is C20H25NO5. The molecule has 0 radical (unpaired) electrons. The molecule has 1 aliphatic rings. The topological polar surface area (TPSA) is 87.8 Å². The molecule has 1 aromatic rings. The number of benzene rings is 1. The van der Waals surface area contributed by atoms with Gasteiger partial charge in [-0.1, -0.05) is 48.6 Å². The fourth-order valence-electron chi connectivity index (χ4n) is 2.95. The summed E-state index contributed by atoms with van der Waals surface area (Å²) >= 11 is 0. The summed E-state index contributed by atoms with van der Waals surface area (Å²) in [6, 6.07) is 9.61. The second kappa shape index (κ2) is 9.89. The van der Waals surface area contributed by atoms with Crippen molar-refractivity contribution in [1.29, 1.82) is 0 Å². The van der Waals surface area contributed by atoms with Gasteiger partial charge in [-0.2, -0.15) is 0 Å². The number of hydrogen-bond acceptors (Lipinski definition) is 6. The molecule has 0 amide bonds. The molecule has 0 saturated carbocycles. The first kappa shape index (κ1) is 19.9. The number of carbonyl (C=O) groups excluding carboxylic acids is 2. The molecule has 6 heteroatoms. The van der Waals surface area contributed by atoms with Crippen LogP contribution in [0.4, 0.5) is 0 Å². The molecule has 26 heavy (non-hydrogen) atoms. The largest absolute Gasteiger partial charge is 0.466 e. The summed E-state index contributed by atoms with van der Waals surface area (Å²) in [6.45, 7) is 5.94. The molecule has 0 bridgehead atoms. The van der Waals surface area contributed by atoms with E-state index in [1.165, 1.54) is 6.08 Å². The minimum absolute atomic E-state index is 0.0826. The number of ether oxygens (including phenoxy) is 3. The Morgan fingerprint density at radius 2 is 1.81 bits per heavy atom. The van der Waals surface area contributed by atoms with E-state index in [4.69, 9.17) is 19.9 Å². The molecule has 2 rings (SSSR count). The Kier molecular flexibility index (Phi) is 7.56. The summed E-state index contributed by atoms with van der Waals surface area (Å²) in [4.78, 5) is 25.0. The number of hydrogen-bond donors (Lipinski definition) is 1. The van der Waals surface area contributed by atoms with Crippen LogP contribution in [0.25, 0.3) is 6.08 Å². The number of nitrogens with two attached hydrogens (primary N) is 1. The molecule has 1 aliphatic heterocycles. The molecule has 0 aliphatic carbocycles. The second-order valence-electron chi connectivity index (χ2n) is 5.83. The van der Waals surface area contributed by atoms with Gasteiger partial charge in [0.2, 0.25) is 0 Å². The van der Waals surface area contributed by atoms with Crippen LogP contribution in [0, 0.1) is 11.8 Å². The Morgan fingerprint density at radius 1 is 1.15 bits per heavy atom. The predicted molar refractivity (Wildman–Crippen MR) is 98.0 cm³/mol. The minimum Gasteiger partial charge on any atom is -0.466 e. The first-order valence-corrected chi connectivity index (χ1v) is 8.67. The Hall–Kier alpha value is -2.44. The van der Waals surface area contributed by atoms with Gasteiger partial charge in [0.25, 0.3) is 0 Å². The van der Waals surface area contributed by atoms with Crippen molar-refractivity contribution in [3.8, 4) is 0 Å². The fraction of sp³-hybridized carbons (Fsp3) is 0.400. The van der Waals surface area contributed by atoms with E-state index >= 15 is 0 Å². The molecule has 4 atom stereocenters. The zero-order valence-electron chi connectivity index (χ0n) is 14.9. The average Bonchev–Trinajstić information content (AvgIpc) is 3.04. The van der Waals surface area contributed by atoms with E-state index in [2.05, 4.69) is 6.58 Å². The Balaban J connectivity index is 2.27. The highest BCUT2D eigenvalue weighted by molar-refractivity contribution is 5.84. The van der Waals surface area contributed by atoms with Crippen molar-refractivity contribution in [1.82, 2.24) is 0 Å². The normalized spacial score (nSPS) is 25.2. The third kappa shape index (κ3) is 4.80. The highest BCUT2D eigenvalue weighted by atomic mass is 16.6. The molecule has 2 N–H and O–H groups in total. The second-order valence-corrected chi connectivity index (χ2v) is 5.83. The summed E-state index contributed by atoms with van der Waals surface area (Å²) in [5, 5.41) is 0.